The third-order valence-corrected chi connectivity index (χ3v) is 5.89. The quantitative estimate of drug-likeness (QED) is 0.526. The van der Waals surface area contributed by atoms with Gasteiger partial charge in [0.05, 0.1) is 18.9 Å². The van der Waals surface area contributed by atoms with Crippen molar-refractivity contribution in [1.82, 2.24) is 14.8 Å². The predicted octanol–water partition coefficient (Wildman–Crippen LogP) is 2.60. The molecule has 0 bridgehead atoms. The molecular weight excluding hydrogens is 446 g/mol. The van der Waals surface area contributed by atoms with Crippen molar-refractivity contribution in [2.24, 2.45) is 0 Å². The summed E-state index contributed by atoms with van der Waals surface area (Å²) in [6, 6.07) is 11.2. The Balaban J connectivity index is 1.60. The van der Waals surface area contributed by atoms with E-state index in [0.717, 1.165) is 11.5 Å². The SMILES string of the molecule is COCCN(CCOC)C(=O)c1ccc(C(=O)N2CCN(c3ncccc3NC(C)C)CC2)cc1. The maximum atomic E-state index is 13.1. The van der Waals surface area contributed by atoms with Crippen LogP contribution in [-0.4, -0.2) is 99.3 Å². The Bertz CT molecular complexity index is 950. The zero-order valence-electron chi connectivity index (χ0n) is 21.2. The van der Waals surface area contributed by atoms with E-state index >= 15 is 0 Å². The van der Waals surface area contributed by atoms with Crippen LogP contribution in [0, 0.1) is 0 Å². The van der Waals surface area contributed by atoms with Crippen LogP contribution in [0.5, 0.6) is 0 Å². The van der Waals surface area contributed by atoms with Gasteiger partial charge in [0, 0.05) is 76.9 Å². The summed E-state index contributed by atoms with van der Waals surface area (Å²) < 4.78 is 10.2. The topological polar surface area (TPSA) is 87.2 Å². The van der Waals surface area contributed by atoms with Crippen LogP contribution in [0.1, 0.15) is 34.6 Å². The molecule has 1 aromatic heterocycles. The van der Waals surface area contributed by atoms with E-state index in [1.54, 1.807) is 49.6 Å². The molecule has 0 atom stereocenters. The first-order chi connectivity index (χ1) is 16.9. The third kappa shape index (κ3) is 7.16. The highest BCUT2D eigenvalue weighted by atomic mass is 16.5. The van der Waals surface area contributed by atoms with Gasteiger partial charge in [0.2, 0.25) is 0 Å². The van der Waals surface area contributed by atoms with E-state index in [4.69, 9.17) is 9.47 Å². The maximum absolute atomic E-state index is 13.1. The molecule has 190 valence electrons. The molecule has 2 heterocycles. The average Bonchev–Trinajstić information content (AvgIpc) is 2.88. The number of benzene rings is 1. The van der Waals surface area contributed by atoms with Crippen LogP contribution >= 0.6 is 0 Å². The maximum Gasteiger partial charge on any atom is 0.254 e. The lowest BCUT2D eigenvalue weighted by Crippen LogP contribution is -2.49. The van der Waals surface area contributed by atoms with Gasteiger partial charge in [-0.15, -0.1) is 0 Å². The first kappa shape index (κ1) is 26.4. The molecule has 1 aromatic carbocycles. The number of hydrogen-bond donors (Lipinski definition) is 1. The molecule has 3 rings (SSSR count). The zero-order valence-corrected chi connectivity index (χ0v) is 21.2. The summed E-state index contributed by atoms with van der Waals surface area (Å²) in [7, 11) is 3.22. The zero-order chi connectivity index (χ0) is 25.2. The molecule has 0 saturated carbocycles. The first-order valence-electron chi connectivity index (χ1n) is 12.1. The Kier molecular flexibility index (Phi) is 9.86. The van der Waals surface area contributed by atoms with E-state index < -0.39 is 0 Å². The lowest BCUT2D eigenvalue weighted by molar-refractivity contribution is 0.0626. The molecule has 2 aromatic rings. The van der Waals surface area contributed by atoms with Gasteiger partial charge in [-0.2, -0.15) is 0 Å². The van der Waals surface area contributed by atoms with Gasteiger partial charge >= 0.3 is 0 Å². The van der Waals surface area contributed by atoms with E-state index in [-0.39, 0.29) is 11.8 Å². The van der Waals surface area contributed by atoms with Gasteiger partial charge in [-0.05, 0) is 50.2 Å². The Morgan fingerprint density at radius 1 is 0.971 bits per heavy atom. The van der Waals surface area contributed by atoms with Gasteiger partial charge in [-0.1, -0.05) is 0 Å². The molecule has 1 fully saturated rings. The van der Waals surface area contributed by atoms with Crippen LogP contribution in [0.3, 0.4) is 0 Å². The highest BCUT2D eigenvalue weighted by Gasteiger charge is 2.25. The van der Waals surface area contributed by atoms with Gasteiger partial charge < -0.3 is 29.5 Å². The Morgan fingerprint density at radius 3 is 2.14 bits per heavy atom. The monoisotopic (exact) mass is 483 g/mol. The molecule has 2 amide bonds. The van der Waals surface area contributed by atoms with Gasteiger partial charge in [-0.3, -0.25) is 9.59 Å². The van der Waals surface area contributed by atoms with Crippen molar-refractivity contribution in [3.63, 3.8) is 0 Å². The van der Waals surface area contributed by atoms with Crippen molar-refractivity contribution in [2.45, 2.75) is 19.9 Å². The van der Waals surface area contributed by atoms with Gasteiger partial charge in [-0.25, -0.2) is 4.98 Å². The molecule has 1 N–H and O–H groups in total. The highest BCUT2D eigenvalue weighted by molar-refractivity contribution is 5.98. The number of amides is 2. The standard InChI is InChI=1S/C26H37N5O4/c1-20(2)28-23-6-5-11-27-24(23)29-12-14-30(15-13-29)25(32)21-7-9-22(10-8-21)26(33)31(16-18-34-3)17-19-35-4/h5-11,20,28H,12-19H2,1-4H3. The van der Waals surface area contributed by atoms with Crippen molar-refractivity contribution in [3.8, 4) is 0 Å². The molecule has 1 saturated heterocycles. The van der Waals surface area contributed by atoms with Crippen LogP contribution in [0.4, 0.5) is 11.5 Å². The second kappa shape index (κ2) is 13.1. The molecule has 0 radical (unpaired) electrons. The highest BCUT2D eigenvalue weighted by Crippen LogP contribution is 2.25. The number of carbonyl (C=O) groups is 2. The molecule has 9 heteroatoms. The molecular formula is C26H37N5O4. The van der Waals surface area contributed by atoms with E-state index in [9.17, 15) is 9.59 Å². The Labute approximate surface area is 208 Å². The minimum atomic E-state index is -0.104. The van der Waals surface area contributed by atoms with Crippen LogP contribution in [0.25, 0.3) is 0 Å². The molecule has 1 aliphatic rings. The van der Waals surface area contributed by atoms with E-state index in [1.807, 2.05) is 17.0 Å². The third-order valence-electron chi connectivity index (χ3n) is 5.89. The lowest BCUT2D eigenvalue weighted by Gasteiger charge is -2.36. The van der Waals surface area contributed by atoms with Crippen molar-refractivity contribution in [3.05, 3.63) is 53.7 Å². The van der Waals surface area contributed by atoms with Gasteiger partial charge in [0.1, 0.15) is 0 Å². The smallest absolute Gasteiger partial charge is 0.254 e. The van der Waals surface area contributed by atoms with Crippen LogP contribution in [-0.2, 0) is 9.47 Å². The molecule has 1 aliphatic heterocycles. The van der Waals surface area contributed by atoms with Crippen molar-refractivity contribution in [2.75, 3.05) is 76.9 Å². The summed E-state index contributed by atoms with van der Waals surface area (Å²) >= 11 is 0. The average molecular weight is 484 g/mol. The van der Waals surface area contributed by atoms with Crippen LogP contribution in [0.2, 0.25) is 0 Å². The van der Waals surface area contributed by atoms with Crippen molar-refractivity contribution in [1.29, 1.82) is 0 Å². The largest absolute Gasteiger partial charge is 0.383 e. The predicted molar refractivity (Wildman–Crippen MR) is 137 cm³/mol. The number of nitrogens with one attached hydrogen (secondary N) is 1. The normalized spacial score (nSPS) is 13.7. The summed E-state index contributed by atoms with van der Waals surface area (Å²) in [6.45, 7) is 8.70. The summed E-state index contributed by atoms with van der Waals surface area (Å²) in [5, 5.41) is 3.45. The fourth-order valence-electron chi connectivity index (χ4n) is 4.03. The summed E-state index contributed by atoms with van der Waals surface area (Å²) in [5.41, 5.74) is 2.13. The van der Waals surface area contributed by atoms with E-state index in [1.165, 1.54) is 0 Å². The molecule has 0 aliphatic carbocycles. The number of pyridine rings is 1. The van der Waals surface area contributed by atoms with Gasteiger partial charge in [0.25, 0.3) is 11.8 Å². The fourth-order valence-corrected chi connectivity index (χ4v) is 4.03. The number of rotatable bonds is 11. The Hall–Kier alpha value is -3.17. The number of hydrogen-bond acceptors (Lipinski definition) is 7. The van der Waals surface area contributed by atoms with Crippen LogP contribution in [0.15, 0.2) is 42.6 Å². The second-order valence-corrected chi connectivity index (χ2v) is 8.81. The number of ether oxygens (including phenoxy) is 2. The summed E-state index contributed by atoms with van der Waals surface area (Å²) in [4.78, 5) is 36.3. The number of methoxy groups -OCH3 is 2. The summed E-state index contributed by atoms with van der Waals surface area (Å²) in [6.07, 6.45) is 1.80. The number of nitrogens with zero attached hydrogens (tertiary/aromatic N) is 4. The lowest BCUT2D eigenvalue weighted by atomic mass is 10.1. The molecule has 35 heavy (non-hydrogen) atoms. The molecule has 9 nitrogen and oxygen atoms in total. The number of carbonyl (C=O) groups excluding carboxylic acids is 2. The minimum absolute atomic E-state index is 0.0270. The number of anilines is 2. The fraction of sp³-hybridized carbons (Fsp3) is 0.500. The molecule has 0 unspecified atom stereocenters. The van der Waals surface area contributed by atoms with E-state index in [0.29, 0.717) is 69.7 Å². The van der Waals surface area contributed by atoms with Crippen LogP contribution < -0.4 is 10.2 Å². The second-order valence-electron chi connectivity index (χ2n) is 8.81. The van der Waals surface area contributed by atoms with Crippen molar-refractivity contribution < 1.29 is 19.1 Å². The molecule has 0 spiro atoms. The van der Waals surface area contributed by atoms with Crippen molar-refractivity contribution >= 4 is 23.3 Å². The number of aromatic nitrogens is 1. The minimum Gasteiger partial charge on any atom is -0.383 e. The van der Waals surface area contributed by atoms with Gasteiger partial charge in [0.15, 0.2) is 5.82 Å². The number of piperazine rings is 1. The van der Waals surface area contributed by atoms with E-state index in [2.05, 4.69) is 29.0 Å². The summed E-state index contributed by atoms with van der Waals surface area (Å²) in [5.74, 6) is 0.788. The first-order valence-corrected chi connectivity index (χ1v) is 12.1. The Morgan fingerprint density at radius 2 is 1.57 bits per heavy atom.